The Bertz CT molecular complexity index is 547. The summed E-state index contributed by atoms with van der Waals surface area (Å²) in [5.74, 6) is -0.344. The quantitative estimate of drug-likeness (QED) is 0.825. The van der Waals surface area contributed by atoms with Crippen LogP contribution in [0.2, 0.25) is 0 Å². The zero-order chi connectivity index (χ0) is 13.9. The summed E-state index contributed by atoms with van der Waals surface area (Å²) in [6, 6.07) is 6.36. The predicted molar refractivity (Wildman–Crippen MR) is 70.1 cm³/mol. The first-order chi connectivity index (χ1) is 9.01. The maximum atomic E-state index is 12.0. The third kappa shape index (κ3) is 3.54. The van der Waals surface area contributed by atoms with E-state index in [4.69, 9.17) is 0 Å². The molecule has 1 aromatic carbocycles. The van der Waals surface area contributed by atoms with Gasteiger partial charge in [0.15, 0.2) is 0 Å². The molecule has 0 radical (unpaired) electrons. The van der Waals surface area contributed by atoms with Crippen molar-refractivity contribution in [2.24, 2.45) is 0 Å². The van der Waals surface area contributed by atoms with Crippen molar-refractivity contribution >= 4 is 16.0 Å². The maximum absolute atomic E-state index is 12.0. The maximum Gasteiger partial charge on any atom is 0.309 e. The molecule has 0 heterocycles. The molecule has 0 aliphatic heterocycles. The molecule has 6 heteroatoms. The second kappa shape index (κ2) is 5.71. The smallest absolute Gasteiger partial charge is 0.309 e. The second-order valence-corrected chi connectivity index (χ2v) is 6.36. The van der Waals surface area contributed by atoms with Crippen molar-refractivity contribution in [1.82, 2.24) is 4.72 Å². The third-order valence-electron chi connectivity index (χ3n) is 3.24. The highest BCUT2D eigenvalue weighted by Crippen LogP contribution is 2.21. The minimum atomic E-state index is -3.44. The zero-order valence-corrected chi connectivity index (χ0v) is 11.6. The van der Waals surface area contributed by atoms with E-state index in [0.717, 1.165) is 24.8 Å². The van der Waals surface area contributed by atoms with Crippen molar-refractivity contribution < 1.29 is 17.9 Å². The van der Waals surface area contributed by atoms with Crippen molar-refractivity contribution in [3.05, 3.63) is 29.8 Å². The van der Waals surface area contributed by atoms with Crippen LogP contribution < -0.4 is 4.72 Å². The molecule has 0 unspecified atom stereocenters. The molecule has 1 aliphatic carbocycles. The minimum Gasteiger partial charge on any atom is -0.469 e. The van der Waals surface area contributed by atoms with Gasteiger partial charge in [-0.2, -0.15) is 0 Å². The molecular formula is C13H17NO4S. The molecule has 0 aromatic heterocycles. The average Bonchev–Trinajstić information content (AvgIpc) is 2.34. The lowest BCUT2D eigenvalue weighted by molar-refractivity contribution is -0.139. The Labute approximate surface area is 113 Å². The summed E-state index contributed by atoms with van der Waals surface area (Å²) in [7, 11) is -2.11. The van der Waals surface area contributed by atoms with E-state index >= 15 is 0 Å². The summed E-state index contributed by atoms with van der Waals surface area (Å²) in [6.45, 7) is 0. The van der Waals surface area contributed by atoms with Crippen LogP contribution in [0, 0.1) is 0 Å². The fourth-order valence-electron chi connectivity index (χ4n) is 1.84. The standard InChI is InChI=1S/C13H17NO4S/c1-18-13(15)9-10-5-7-12(8-6-10)19(16,17)14-11-3-2-4-11/h5-8,11,14H,2-4,9H2,1H3. The number of carbonyl (C=O) groups is 1. The molecule has 0 atom stereocenters. The van der Waals surface area contributed by atoms with Crippen LogP contribution in [-0.4, -0.2) is 27.5 Å². The molecule has 1 saturated carbocycles. The van der Waals surface area contributed by atoms with Crippen LogP contribution in [0.15, 0.2) is 29.2 Å². The van der Waals surface area contributed by atoms with Crippen molar-refractivity contribution in [2.45, 2.75) is 36.6 Å². The number of sulfonamides is 1. The predicted octanol–water partition coefficient (Wildman–Crippen LogP) is 1.23. The van der Waals surface area contributed by atoms with E-state index in [1.807, 2.05) is 0 Å². The van der Waals surface area contributed by atoms with Crippen LogP contribution >= 0.6 is 0 Å². The van der Waals surface area contributed by atoms with Gasteiger partial charge in [-0.3, -0.25) is 4.79 Å². The van der Waals surface area contributed by atoms with Gasteiger partial charge in [0.05, 0.1) is 18.4 Å². The number of carbonyl (C=O) groups excluding carboxylic acids is 1. The van der Waals surface area contributed by atoms with E-state index < -0.39 is 10.0 Å². The Morgan fingerprint density at radius 1 is 1.32 bits per heavy atom. The van der Waals surface area contributed by atoms with Gasteiger partial charge in [-0.05, 0) is 30.5 Å². The lowest BCUT2D eigenvalue weighted by Gasteiger charge is -2.26. The van der Waals surface area contributed by atoms with Crippen LogP contribution in [-0.2, 0) is 26.0 Å². The van der Waals surface area contributed by atoms with E-state index in [1.165, 1.54) is 19.2 Å². The Kier molecular flexibility index (Phi) is 4.21. The Balaban J connectivity index is 2.06. The number of esters is 1. The summed E-state index contributed by atoms with van der Waals surface area (Å²) in [6.07, 6.45) is 3.03. The molecular weight excluding hydrogens is 266 g/mol. The van der Waals surface area contributed by atoms with Crippen molar-refractivity contribution in [3.63, 3.8) is 0 Å². The van der Waals surface area contributed by atoms with E-state index in [2.05, 4.69) is 9.46 Å². The summed E-state index contributed by atoms with van der Waals surface area (Å²) in [5, 5.41) is 0. The summed E-state index contributed by atoms with van der Waals surface area (Å²) < 4.78 is 31.3. The molecule has 0 spiro atoms. The topological polar surface area (TPSA) is 72.5 Å². The fourth-order valence-corrected chi connectivity index (χ4v) is 3.14. The van der Waals surface area contributed by atoms with Crippen LogP contribution in [0.1, 0.15) is 24.8 Å². The zero-order valence-electron chi connectivity index (χ0n) is 10.8. The van der Waals surface area contributed by atoms with E-state index in [-0.39, 0.29) is 23.3 Å². The molecule has 104 valence electrons. The van der Waals surface area contributed by atoms with Crippen LogP contribution in [0.4, 0.5) is 0 Å². The molecule has 1 aliphatic rings. The highest BCUT2D eigenvalue weighted by atomic mass is 32.2. The van der Waals surface area contributed by atoms with Crippen molar-refractivity contribution in [3.8, 4) is 0 Å². The molecule has 2 rings (SSSR count). The molecule has 0 bridgehead atoms. The Morgan fingerprint density at radius 3 is 2.42 bits per heavy atom. The summed E-state index contributed by atoms with van der Waals surface area (Å²) >= 11 is 0. The second-order valence-electron chi connectivity index (χ2n) is 4.65. The van der Waals surface area contributed by atoms with Crippen molar-refractivity contribution in [1.29, 1.82) is 0 Å². The van der Waals surface area contributed by atoms with Gasteiger partial charge < -0.3 is 4.74 Å². The average molecular weight is 283 g/mol. The number of hydrogen-bond donors (Lipinski definition) is 1. The van der Waals surface area contributed by atoms with Gasteiger partial charge in [-0.1, -0.05) is 18.6 Å². The SMILES string of the molecule is COC(=O)Cc1ccc(S(=O)(=O)NC2CCC2)cc1. The van der Waals surface area contributed by atoms with E-state index in [9.17, 15) is 13.2 Å². The highest BCUT2D eigenvalue weighted by molar-refractivity contribution is 7.89. The van der Waals surface area contributed by atoms with Crippen LogP contribution in [0.5, 0.6) is 0 Å². The Hall–Kier alpha value is -1.40. The molecule has 1 fully saturated rings. The number of hydrogen-bond acceptors (Lipinski definition) is 4. The summed E-state index contributed by atoms with van der Waals surface area (Å²) in [4.78, 5) is 11.3. The van der Waals surface area contributed by atoms with Gasteiger partial charge in [0.1, 0.15) is 0 Å². The molecule has 0 saturated heterocycles. The van der Waals surface area contributed by atoms with Crippen LogP contribution in [0.3, 0.4) is 0 Å². The molecule has 19 heavy (non-hydrogen) atoms. The largest absolute Gasteiger partial charge is 0.469 e. The normalized spacial score (nSPS) is 15.8. The van der Waals surface area contributed by atoms with E-state index in [0.29, 0.717) is 0 Å². The monoisotopic (exact) mass is 283 g/mol. The lowest BCUT2D eigenvalue weighted by atomic mass is 9.94. The van der Waals surface area contributed by atoms with Crippen LogP contribution in [0.25, 0.3) is 0 Å². The molecule has 1 N–H and O–H groups in total. The van der Waals surface area contributed by atoms with Crippen molar-refractivity contribution in [2.75, 3.05) is 7.11 Å². The minimum absolute atomic E-state index is 0.0692. The molecule has 0 amide bonds. The molecule has 5 nitrogen and oxygen atoms in total. The fraction of sp³-hybridized carbons (Fsp3) is 0.462. The lowest BCUT2D eigenvalue weighted by Crippen LogP contribution is -2.39. The number of nitrogens with one attached hydrogen (secondary N) is 1. The Morgan fingerprint density at radius 2 is 1.95 bits per heavy atom. The number of rotatable bonds is 5. The van der Waals surface area contributed by atoms with Gasteiger partial charge in [0.25, 0.3) is 0 Å². The van der Waals surface area contributed by atoms with Gasteiger partial charge in [-0.15, -0.1) is 0 Å². The third-order valence-corrected chi connectivity index (χ3v) is 4.77. The van der Waals surface area contributed by atoms with Gasteiger partial charge in [-0.25, -0.2) is 13.1 Å². The first-order valence-corrected chi connectivity index (χ1v) is 7.67. The highest BCUT2D eigenvalue weighted by Gasteiger charge is 2.24. The van der Waals surface area contributed by atoms with Gasteiger partial charge in [0.2, 0.25) is 10.0 Å². The first-order valence-electron chi connectivity index (χ1n) is 6.19. The number of benzene rings is 1. The number of ether oxygens (including phenoxy) is 1. The van der Waals surface area contributed by atoms with Gasteiger partial charge >= 0.3 is 5.97 Å². The van der Waals surface area contributed by atoms with E-state index in [1.54, 1.807) is 12.1 Å². The molecule has 1 aromatic rings. The summed E-state index contributed by atoms with van der Waals surface area (Å²) in [5.41, 5.74) is 0.731. The first kappa shape index (κ1) is 14.0. The number of methoxy groups -OCH3 is 1. The van der Waals surface area contributed by atoms with Gasteiger partial charge in [0, 0.05) is 6.04 Å².